The molecule has 2 N–H and O–H groups in total. The third-order valence-electron chi connectivity index (χ3n) is 3.88. The van der Waals surface area contributed by atoms with E-state index in [1.54, 1.807) is 31.4 Å². The van der Waals surface area contributed by atoms with Gasteiger partial charge in [0.25, 0.3) is 5.91 Å². The molecule has 0 atom stereocenters. The summed E-state index contributed by atoms with van der Waals surface area (Å²) in [4.78, 5) is 25.6. The van der Waals surface area contributed by atoms with Crippen molar-refractivity contribution in [1.82, 2.24) is 0 Å². The SMILES string of the molecule is COc1cccc(NC(=O)CSc2ccccc2C(=O)Nc2ccccc2)c1. The van der Waals surface area contributed by atoms with Gasteiger partial charge in [-0.15, -0.1) is 11.8 Å². The summed E-state index contributed by atoms with van der Waals surface area (Å²) in [5.41, 5.74) is 1.92. The lowest BCUT2D eigenvalue weighted by Gasteiger charge is -2.10. The fourth-order valence-electron chi connectivity index (χ4n) is 2.54. The van der Waals surface area contributed by atoms with Crippen molar-refractivity contribution in [3.05, 3.63) is 84.4 Å². The Bertz CT molecular complexity index is 961. The first kappa shape index (κ1) is 19.5. The Labute approximate surface area is 168 Å². The molecule has 3 rings (SSSR count). The van der Waals surface area contributed by atoms with Crippen LogP contribution in [0.15, 0.2) is 83.8 Å². The molecule has 0 bridgehead atoms. The van der Waals surface area contributed by atoms with Gasteiger partial charge in [-0.05, 0) is 36.4 Å². The molecule has 2 amide bonds. The number of rotatable bonds is 7. The van der Waals surface area contributed by atoms with Crippen LogP contribution in [-0.2, 0) is 4.79 Å². The van der Waals surface area contributed by atoms with Crippen LogP contribution in [0.3, 0.4) is 0 Å². The van der Waals surface area contributed by atoms with E-state index < -0.39 is 0 Å². The minimum absolute atomic E-state index is 0.156. The van der Waals surface area contributed by atoms with Crippen LogP contribution < -0.4 is 15.4 Å². The number of para-hydroxylation sites is 1. The molecule has 0 aliphatic carbocycles. The zero-order valence-corrected chi connectivity index (χ0v) is 16.2. The number of thioether (sulfide) groups is 1. The van der Waals surface area contributed by atoms with E-state index in [1.165, 1.54) is 11.8 Å². The zero-order chi connectivity index (χ0) is 19.8. The minimum Gasteiger partial charge on any atom is -0.497 e. The van der Waals surface area contributed by atoms with Gasteiger partial charge in [-0.25, -0.2) is 0 Å². The van der Waals surface area contributed by atoms with Crippen LogP contribution in [0.2, 0.25) is 0 Å². The van der Waals surface area contributed by atoms with E-state index in [1.807, 2.05) is 54.6 Å². The Morgan fingerprint density at radius 3 is 2.36 bits per heavy atom. The van der Waals surface area contributed by atoms with Crippen molar-refractivity contribution < 1.29 is 14.3 Å². The van der Waals surface area contributed by atoms with E-state index >= 15 is 0 Å². The summed E-state index contributed by atoms with van der Waals surface area (Å²) in [6.45, 7) is 0. The summed E-state index contributed by atoms with van der Waals surface area (Å²) in [6.07, 6.45) is 0. The number of amides is 2. The van der Waals surface area contributed by atoms with E-state index in [0.29, 0.717) is 17.0 Å². The van der Waals surface area contributed by atoms with Gasteiger partial charge in [0.1, 0.15) is 5.75 Å². The molecule has 3 aromatic carbocycles. The second-order valence-electron chi connectivity index (χ2n) is 5.89. The molecule has 0 radical (unpaired) electrons. The molecule has 142 valence electrons. The quantitative estimate of drug-likeness (QED) is 0.573. The molecule has 0 aromatic heterocycles. The number of methoxy groups -OCH3 is 1. The summed E-state index contributed by atoms with van der Waals surface area (Å²) in [5.74, 6) is 0.500. The number of hydrogen-bond donors (Lipinski definition) is 2. The number of hydrogen-bond acceptors (Lipinski definition) is 4. The van der Waals surface area contributed by atoms with E-state index in [0.717, 1.165) is 10.6 Å². The monoisotopic (exact) mass is 392 g/mol. The van der Waals surface area contributed by atoms with Crippen LogP contribution in [0.4, 0.5) is 11.4 Å². The molecule has 0 aliphatic heterocycles. The standard InChI is InChI=1S/C22H20N2O3S/c1-27-18-11-7-10-17(14-18)23-21(25)15-28-20-13-6-5-12-19(20)22(26)24-16-8-3-2-4-9-16/h2-14H,15H2,1H3,(H,23,25)(H,24,26). The normalized spacial score (nSPS) is 10.2. The number of carbonyl (C=O) groups excluding carboxylic acids is 2. The Morgan fingerprint density at radius 1 is 0.857 bits per heavy atom. The Morgan fingerprint density at radius 2 is 1.57 bits per heavy atom. The van der Waals surface area contributed by atoms with Gasteiger partial charge < -0.3 is 15.4 Å². The lowest BCUT2D eigenvalue weighted by atomic mass is 10.2. The summed E-state index contributed by atoms with van der Waals surface area (Å²) in [5, 5.41) is 5.71. The molecule has 3 aromatic rings. The van der Waals surface area contributed by atoms with Gasteiger partial charge in [0.05, 0.1) is 18.4 Å². The topological polar surface area (TPSA) is 67.4 Å². The third-order valence-corrected chi connectivity index (χ3v) is 4.95. The molecule has 5 nitrogen and oxygen atoms in total. The molecule has 6 heteroatoms. The van der Waals surface area contributed by atoms with Crippen molar-refractivity contribution in [3.8, 4) is 5.75 Å². The van der Waals surface area contributed by atoms with Crippen molar-refractivity contribution >= 4 is 35.0 Å². The molecular formula is C22H20N2O3S. The van der Waals surface area contributed by atoms with Crippen LogP contribution >= 0.6 is 11.8 Å². The van der Waals surface area contributed by atoms with Gasteiger partial charge in [-0.1, -0.05) is 36.4 Å². The summed E-state index contributed by atoms with van der Waals surface area (Å²) >= 11 is 1.32. The second kappa shape index (κ2) is 9.62. The van der Waals surface area contributed by atoms with Gasteiger partial charge in [0.15, 0.2) is 0 Å². The summed E-state index contributed by atoms with van der Waals surface area (Å²) < 4.78 is 5.16. The predicted molar refractivity (Wildman–Crippen MR) is 113 cm³/mol. The van der Waals surface area contributed by atoms with Crippen molar-refractivity contribution in [1.29, 1.82) is 0 Å². The highest BCUT2D eigenvalue weighted by molar-refractivity contribution is 8.00. The maximum Gasteiger partial charge on any atom is 0.256 e. The van der Waals surface area contributed by atoms with Crippen molar-refractivity contribution in [2.24, 2.45) is 0 Å². The molecule has 0 spiro atoms. The van der Waals surface area contributed by atoms with Gasteiger partial charge in [-0.3, -0.25) is 9.59 Å². The maximum absolute atomic E-state index is 12.6. The maximum atomic E-state index is 12.6. The van der Waals surface area contributed by atoms with Crippen LogP contribution in [0, 0.1) is 0 Å². The molecule has 0 saturated carbocycles. The highest BCUT2D eigenvalue weighted by Crippen LogP contribution is 2.24. The summed E-state index contributed by atoms with van der Waals surface area (Å²) in [7, 11) is 1.58. The van der Waals surface area contributed by atoms with Crippen molar-refractivity contribution in [3.63, 3.8) is 0 Å². The number of anilines is 2. The Balaban J connectivity index is 1.63. The van der Waals surface area contributed by atoms with Crippen molar-refractivity contribution in [2.75, 3.05) is 23.5 Å². The largest absolute Gasteiger partial charge is 0.497 e. The number of nitrogens with one attached hydrogen (secondary N) is 2. The minimum atomic E-state index is -0.206. The first-order chi connectivity index (χ1) is 13.7. The number of ether oxygens (including phenoxy) is 1. The lowest BCUT2D eigenvalue weighted by molar-refractivity contribution is -0.113. The Kier molecular flexibility index (Phi) is 6.70. The van der Waals surface area contributed by atoms with E-state index in [4.69, 9.17) is 4.74 Å². The molecule has 28 heavy (non-hydrogen) atoms. The third kappa shape index (κ3) is 5.37. The average molecular weight is 392 g/mol. The van der Waals surface area contributed by atoms with E-state index in [9.17, 15) is 9.59 Å². The lowest BCUT2D eigenvalue weighted by Crippen LogP contribution is -2.15. The molecule has 0 aliphatic rings. The fourth-order valence-corrected chi connectivity index (χ4v) is 3.39. The molecule has 0 heterocycles. The number of benzene rings is 3. The smallest absolute Gasteiger partial charge is 0.256 e. The molecule has 0 unspecified atom stereocenters. The highest BCUT2D eigenvalue weighted by Gasteiger charge is 2.13. The zero-order valence-electron chi connectivity index (χ0n) is 15.3. The Hall–Kier alpha value is -3.25. The average Bonchev–Trinajstić information content (AvgIpc) is 2.73. The number of carbonyl (C=O) groups is 2. The van der Waals surface area contributed by atoms with Gasteiger partial charge in [-0.2, -0.15) is 0 Å². The van der Waals surface area contributed by atoms with Crippen LogP contribution in [-0.4, -0.2) is 24.7 Å². The predicted octanol–water partition coefficient (Wildman–Crippen LogP) is 4.68. The first-order valence-corrected chi connectivity index (χ1v) is 9.66. The van der Waals surface area contributed by atoms with E-state index in [2.05, 4.69) is 10.6 Å². The highest BCUT2D eigenvalue weighted by atomic mass is 32.2. The van der Waals surface area contributed by atoms with Crippen LogP contribution in [0.5, 0.6) is 5.75 Å². The van der Waals surface area contributed by atoms with Crippen LogP contribution in [0.25, 0.3) is 0 Å². The van der Waals surface area contributed by atoms with Crippen LogP contribution in [0.1, 0.15) is 10.4 Å². The van der Waals surface area contributed by atoms with Gasteiger partial charge in [0, 0.05) is 22.3 Å². The fraction of sp³-hybridized carbons (Fsp3) is 0.0909. The summed E-state index contributed by atoms with van der Waals surface area (Å²) in [6, 6.07) is 23.7. The second-order valence-corrected chi connectivity index (χ2v) is 6.90. The molecule has 0 saturated heterocycles. The van der Waals surface area contributed by atoms with Gasteiger partial charge in [0.2, 0.25) is 5.91 Å². The van der Waals surface area contributed by atoms with Crippen molar-refractivity contribution in [2.45, 2.75) is 4.90 Å². The van der Waals surface area contributed by atoms with E-state index in [-0.39, 0.29) is 17.6 Å². The molecular weight excluding hydrogens is 372 g/mol. The first-order valence-electron chi connectivity index (χ1n) is 8.68. The molecule has 0 fully saturated rings. The van der Waals surface area contributed by atoms with Gasteiger partial charge >= 0.3 is 0 Å².